The van der Waals surface area contributed by atoms with Gasteiger partial charge in [-0.1, -0.05) is 30.0 Å². The van der Waals surface area contributed by atoms with Gasteiger partial charge in [-0.05, 0) is 18.4 Å². The summed E-state index contributed by atoms with van der Waals surface area (Å²) in [5, 5.41) is 8.64. The molecular weight excluding hydrogens is 284 g/mol. The van der Waals surface area contributed by atoms with Gasteiger partial charge >= 0.3 is 0 Å². The molecule has 1 aromatic carbocycles. The standard InChI is InChI=1S/C11H14N4O2S2/c1-15-10(13-14-11(15)18-2)8-12-19(16,17)9-6-4-3-5-7-9/h3-7,12H,8H2,1-2H3. The molecule has 2 rings (SSSR count). The number of sulfonamides is 1. The van der Waals surface area contributed by atoms with Crippen molar-refractivity contribution in [3.8, 4) is 0 Å². The topological polar surface area (TPSA) is 76.9 Å². The molecule has 0 fully saturated rings. The maximum atomic E-state index is 12.0. The molecule has 2 aromatic rings. The van der Waals surface area contributed by atoms with E-state index in [2.05, 4.69) is 14.9 Å². The van der Waals surface area contributed by atoms with Crippen LogP contribution >= 0.6 is 11.8 Å². The minimum Gasteiger partial charge on any atom is -0.308 e. The fourth-order valence-electron chi connectivity index (χ4n) is 1.52. The minimum absolute atomic E-state index is 0.112. The van der Waals surface area contributed by atoms with E-state index >= 15 is 0 Å². The molecular formula is C11H14N4O2S2. The number of hydrogen-bond donors (Lipinski definition) is 1. The highest BCUT2D eigenvalue weighted by molar-refractivity contribution is 7.98. The Hall–Kier alpha value is -1.38. The van der Waals surface area contributed by atoms with Crippen LogP contribution in [0.4, 0.5) is 0 Å². The van der Waals surface area contributed by atoms with Crippen molar-refractivity contribution in [1.29, 1.82) is 0 Å². The zero-order valence-corrected chi connectivity index (χ0v) is 12.2. The average Bonchev–Trinajstić information content (AvgIpc) is 2.78. The third-order valence-corrected chi connectivity index (χ3v) is 4.72. The molecule has 0 spiro atoms. The van der Waals surface area contributed by atoms with Crippen LogP contribution in [0.1, 0.15) is 5.82 Å². The van der Waals surface area contributed by atoms with Gasteiger partial charge in [0.1, 0.15) is 5.82 Å². The molecule has 0 amide bonds. The predicted molar refractivity (Wildman–Crippen MR) is 73.3 cm³/mol. The summed E-state index contributed by atoms with van der Waals surface area (Å²) in [6.45, 7) is 0.112. The highest BCUT2D eigenvalue weighted by Gasteiger charge is 2.15. The Bertz CT molecular complexity index is 653. The molecule has 0 bridgehead atoms. The Morgan fingerprint density at radius 2 is 1.95 bits per heavy atom. The van der Waals surface area contributed by atoms with Crippen LogP contribution in [-0.2, 0) is 23.6 Å². The summed E-state index contributed by atoms with van der Waals surface area (Å²) < 4.78 is 28.3. The van der Waals surface area contributed by atoms with Crippen molar-refractivity contribution in [1.82, 2.24) is 19.5 Å². The molecule has 0 atom stereocenters. The second-order valence-corrected chi connectivity index (χ2v) is 6.34. The van der Waals surface area contributed by atoms with E-state index in [1.54, 1.807) is 41.9 Å². The first-order valence-corrected chi connectivity index (χ1v) is 8.22. The third kappa shape index (κ3) is 3.14. The van der Waals surface area contributed by atoms with Gasteiger partial charge in [0.25, 0.3) is 0 Å². The molecule has 0 radical (unpaired) electrons. The van der Waals surface area contributed by atoms with Crippen molar-refractivity contribution in [3.63, 3.8) is 0 Å². The fraction of sp³-hybridized carbons (Fsp3) is 0.273. The number of aromatic nitrogens is 3. The van der Waals surface area contributed by atoms with Gasteiger partial charge in [-0.3, -0.25) is 0 Å². The highest BCUT2D eigenvalue weighted by atomic mass is 32.2. The monoisotopic (exact) mass is 298 g/mol. The van der Waals surface area contributed by atoms with Gasteiger partial charge in [0.15, 0.2) is 5.16 Å². The number of rotatable bonds is 5. The van der Waals surface area contributed by atoms with E-state index in [0.29, 0.717) is 5.82 Å². The van der Waals surface area contributed by atoms with Gasteiger partial charge < -0.3 is 4.57 Å². The van der Waals surface area contributed by atoms with Crippen molar-refractivity contribution in [3.05, 3.63) is 36.2 Å². The van der Waals surface area contributed by atoms with Gasteiger partial charge in [0.05, 0.1) is 11.4 Å². The Labute approximate surface area is 116 Å². The lowest BCUT2D eigenvalue weighted by atomic mass is 10.4. The van der Waals surface area contributed by atoms with Crippen LogP contribution in [0.2, 0.25) is 0 Å². The van der Waals surface area contributed by atoms with E-state index < -0.39 is 10.0 Å². The van der Waals surface area contributed by atoms with Crippen molar-refractivity contribution in [2.24, 2.45) is 7.05 Å². The molecule has 19 heavy (non-hydrogen) atoms. The molecule has 1 heterocycles. The van der Waals surface area contributed by atoms with Crippen LogP contribution in [0.5, 0.6) is 0 Å². The first-order valence-electron chi connectivity index (χ1n) is 5.51. The molecule has 6 nitrogen and oxygen atoms in total. The smallest absolute Gasteiger partial charge is 0.240 e. The van der Waals surface area contributed by atoms with Crippen LogP contribution in [-0.4, -0.2) is 29.4 Å². The average molecular weight is 298 g/mol. The predicted octanol–water partition coefficient (Wildman–Crippen LogP) is 1.02. The maximum absolute atomic E-state index is 12.0. The van der Waals surface area contributed by atoms with Crippen molar-refractivity contribution in [2.75, 3.05) is 6.26 Å². The molecule has 0 saturated heterocycles. The van der Waals surface area contributed by atoms with E-state index in [1.807, 2.05) is 6.26 Å². The van der Waals surface area contributed by atoms with E-state index in [9.17, 15) is 8.42 Å². The highest BCUT2D eigenvalue weighted by Crippen LogP contribution is 2.12. The van der Waals surface area contributed by atoms with Gasteiger partial charge in [-0.2, -0.15) is 0 Å². The second-order valence-electron chi connectivity index (χ2n) is 3.80. The number of benzene rings is 1. The fourth-order valence-corrected chi connectivity index (χ4v) is 3.02. The number of hydrogen-bond acceptors (Lipinski definition) is 5. The summed E-state index contributed by atoms with van der Waals surface area (Å²) in [6.07, 6.45) is 1.89. The van der Waals surface area contributed by atoms with Crippen molar-refractivity contribution in [2.45, 2.75) is 16.6 Å². The van der Waals surface area contributed by atoms with Gasteiger partial charge in [0, 0.05) is 7.05 Å². The molecule has 1 N–H and O–H groups in total. The normalized spacial score (nSPS) is 11.7. The lowest BCUT2D eigenvalue weighted by molar-refractivity contribution is 0.576. The largest absolute Gasteiger partial charge is 0.308 e. The zero-order valence-electron chi connectivity index (χ0n) is 10.6. The third-order valence-electron chi connectivity index (χ3n) is 2.58. The van der Waals surface area contributed by atoms with Crippen molar-refractivity contribution >= 4 is 21.8 Å². The van der Waals surface area contributed by atoms with Gasteiger partial charge in [-0.25, -0.2) is 13.1 Å². The lowest BCUT2D eigenvalue weighted by Gasteiger charge is -2.06. The summed E-state index contributed by atoms with van der Waals surface area (Å²) in [5.74, 6) is 0.573. The Balaban J connectivity index is 2.12. The van der Waals surface area contributed by atoms with E-state index in [1.165, 1.54) is 11.8 Å². The van der Waals surface area contributed by atoms with Crippen LogP contribution in [0, 0.1) is 0 Å². The molecule has 1 aromatic heterocycles. The quantitative estimate of drug-likeness (QED) is 0.834. The molecule has 0 unspecified atom stereocenters. The molecule has 0 aliphatic carbocycles. The molecule has 0 aliphatic rings. The summed E-state index contributed by atoms with van der Waals surface area (Å²) in [6, 6.07) is 8.23. The maximum Gasteiger partial charge on any atom is 0.240 e. The minimum atomic E-state index is -3.51. The van der Waals surface area contributed by atoms with E-state index in [4.69, 9.17) is 0 Å². The van der Waals surface area contributed by atoms with Crippen LogP contribution in [0.15, 0.2) is 40.4 Å². The molecule has 0 saturated carbocycles. The molecule has 102 valence electrons. The van der Waals surface area contributed by atoms with E-state index in [-0.39, 0.29) is 11.4 Å². The Morgan fingerprint density at radius 1 is 1.26 bits per heavy atom. The van der Waals surface area contributed by atoms with Crippen LogP contribution in [0.3, 0.4) is 0 Å². The number of nitrogens with one attached hydrogen (secondary N) is 1. The Morgan fingerprint density at radius 3 is 2.53 bits per heavy atom. The first-order chi connectivity index (χ1) is 9.04. The summed E-state index contributed by atoms with van der Waals surface area (Å²) in [5.41, 5.74) is 0. The van der Waals surface area contributed by atoms with Gasteiger partial charge in [0.2, 0.25) is 10.0 Å². The van der Waals surface area contributed by atoms with E-state index in [0.717, 1.165) is 5.16 Å². The summed E-state index contributed by atoms with van der Waals surface area (Å²) >= 11 is 1.46. The summed E-state index contributed by atoms with van der Waals surface area (Å²) in [4.78, 5) is 0.238. The SMILES string of the molecule is CSc1nnc(CNS(=O)(=O)c2ccccc2)n1C. The lowest BCUT2D eigenvalue weighted by Crippen LogP contribution is -2.24. The number of nitrogens with zero attached hydrogens (tertiary/aromatic N) is 3. The Kier molecular flexibility index (Phi) is 4.23. The second kappa shape index (κ2) is 5.72. The van der Waals surface area contributed by atoms with Gasteiger partial charge in [-0.15, -0.1) is 10.2 Å². The van der Waals surface area contributed by atoms with Crippen molar-refractivity contribution < 1.29 is 8.42 Å². The molecule has 0 aliphatic heterocycles. The van der Waals surface area contributed by atoms with Crippen LogP contribution < -0.4 is 4.72 Å². The zero-order chi connectivity index (χ0) is 13.9. The number of thioether (sulfide) groups is 1. The van der Waals surface area contributed by atoms with Crippen LogP contribution in [0.25, 0.3) is 0 Å². The summed E-state index contributed by atoms with van der Waals surface area (Å²) in [7, 11) is -1.71. The molecule has 8 heteroatoms. The first kappa shape index (κ1) is 14.0.